The maximum absolute atomic E-state index is 11.3. The van der Waals surface area contributed by atoms with Gasteiger partial charge in [0.2, 0.25) is 0 Å². The first-order chi connectivity index (χ1) is 7.43. The number of fused-ring (bicyclic) bond motifs is 1. The van der Waals surface area contributed by atoms with E-state index in [1.807, 2.05) is 13.8 Å². The van der Waals surface area contributed by atoms with Crippen LogP contribution in [-0.2, 0) is 0 Å². The first-order valence-electron chi connectivity index (χ1n) is 4.85. The second kappa shape index (κ2) is 3.63. The molecule has 1 heterocycles. The predicted octanol–water partition coefficient (Wildman–Crippen LogP) is 3.72. The maximum atomic E-state index is 11.3. The SMILES string of the molecule is CC(=O)c1oc2c(C)c(C)c(O)cc2c1Br. The summed E-state index contributed by atoms with van der Waals surface area (Å²) in [5.41, 5.74) is 2.26. The largest absolute Gasteiger partial charge is 0.508 e. The smallest absolute Gasteiger partial charge is 0.196 e. The summed E-state index contributed by atoms with van der Waals surface area (Å²) in [6, 6.07) is 1.61. The summed E-state index contributed by atoms with van der Waals surface area (Å²) in [6.07, 6.45) is 0. The molecule has 1 aromatic carbocycles. The van der Waals surface area contributed by atoms with Crippen molar-refractivity contribution >= 4 is 32.7 Å². The molecular formula is C12H11BrO3. The molecule has 2 rings (SSSR count). The van der Waals surface area contributed by atoms with Crippen molar-refractivity contribution in [2.24, 2.45) is 0 Å². The van der Waals surface area contributed by atoms with Crippen LogP contribution >= 0.6 is 15.9 Å². The van der Waals surface area contributed by atoms with E-state index in [1.54, 1.807) is 6.07 Å². The van der Waals surface area contributed by atoms with Crippen LogP contribution in [-0.4, -0.2) is 10.9 Å². The van der Waals surface area contributed by atoms with Crippen LogP contribution < -0.4 is 0 Å². The average Bonchev–Trinajstić information content (AvgIpc) is 2.54. The van der Waals surface area contributed by atoms with E-state index in [2.05, 4.69) is 15.9 Å². The number of phenols is 1. The summed E-state index contributed by atoms with van der Waals surface area (Å²) in [7, 11) is 0. The van der Waals surface area contributed by atoms with E-state index in [1.165, 1.54) is 6.92 Å². The minimum atomic E-state index is -0.139. The number of aryl methyl sites for hydroxylation is 1. The van der Waals surface area contributed by atoms with Gasteiger partial charge in [-0.2, -0.15) is 0 Å². The molecule has 0 aliphatic rings. The zero-order valence-corrected chi connectivity index (χ0v) is 10.8. The van der Waals surface area contributed by atoms with Gasteiger partial charge in [0.15, 0.2) is 11.5 Å². The first kappa shape index (κ1) is 11.2. The summed E-state index contributed by atoms with van der Waals surface area (Å²) < 4.78 is 6.12. The monoisotopic (exact) mass is 282 g/mol. The maximum Gasteiger partial charge on any atom is 0.196 e. The summed E-state index contributed by atoms with van der Waals surface area (Å²) in [6.45, 7) is 5.12. The van der Waals surface area contributed by atoms with E-state index in [-0.39, 0.29) is 11.5 Å². The highest BCUT2D eigenvalue weighted by atomic mass is 79.9. The zero-order valence-electron chi connectivity index (χ0n) is 9.22. The summed E-state index contributed by atoms with van der Waals surface area (Å²) in [5, 5.41) is 10.5. The molecule has 4 heteroatoms. The van der Waals surface area contributed by atoms with Gasteiger partial charge in [0, 0.05) is 12.3 Å². The molecule has 0 aliphatic carbocycles. The van der Waals surface area contributed by atoms with E-state index in [0.717, 1.165) is 16.5 Å². The van der Waals surface area contributed by atoms with Crippen LogP contribution in [0, 0.1) is 13.8 Å². The zero-order chi connectivity index (χ0) is 12.0. The molecule has 0 aliphatic heterocycles. The molecule has 0 unspecified atom stereocenters. The Bertz CT molecular complexity index is 596. The van der Waals surface area contributed by atoms with Gasteiger partial charge in [0.05, 0.1) is 4.47 Å². The normalized spacial score (nSPS) is 11.0. The lowest BCUT2D eigenvalue weighted by atomic mass is 10.1. The number of hydrogen-bond donors (Lipinski definition) is 1. The second-order valence-electron chi connectivity index (χ2n) is 3.82. The topological polar surface area (TPSA) is 50.4 Å². The molecule has 2 aromatic rings. The fourth-order valence-corrected chi connectivity index (χ4v) is 2.32. The van der Waals surface area contributed by atoms with Crippen molar-refractivity contribution in [3.05, 3.63) is 27.4 Å². The number of carbonyl (C=O) groups excluding carboxylic acids is 1. The van der Waals surface area contributed by atoms with E-state index in [4.69, 9.17) is 4.42 Å². The highest BCUT2D eigenvalue weighted by Crippen LogP contribution is 2.37. The van der Waals surface area contributed by atoms with E-state index in [9.17, 15) is 9.90 Å². The van der Waals surface area contributed by atoms with Crippen molar-refractivity contribution in [3.8, 4) is 5.75 Å². The Morgan fingerprint density at radius 3 is 2.56 bits per heavy atom. The third kappa shape index (κ3) is 1.45. The molecule has 84 valence electrons. The molecule has 3 nitrogen and oxygen atoms in total. The molecule has 0 saturated heterocycles. The van der Waals surface area contributed by atoms with Gasteiger partial charge in [-0.05, 0) is 47.0 Å². The van der Waals surface area contributed by atoms with Gasteiger partial charge in [-0.3, -0.25) is 4.79 Å². The molecule has 0 bridgehead atoms. The van der Waals surface area contributed by atoms with Crippen molar-refractivity contribution < 1.29 is 14.3 Å². The summed E-state index contributed by atoms with van der Waals surface area (Å²) in [4.78, 5) is 11.3. The molecule has 16 heavy (non-hydrogen) atoms. The van der Waals surface area contributed by atoms with E-state index < -0.39 is 0 Å². The molecule has 0 fully saturated rings. The number of carbonyl (C=O) groups is 1. The first-order valence-corrected chi connectivity index (χ1v) is 5.65. The van der Waals surface area contributed by atoms with Gasteiger partial charge >= 0.3 is 0 Å². The van der Waals surface area contributed by atoms with Crippen LogP contribution in [0.1, 0.15) is 28.6 Å². The van der Waals surface area contributed by atoms with Crippen LogP contribution in [0.2, 0.25) is 0 Å². The Morgan fingerprint density at radius 1 is 1.38 bits per heavy atom. The standard InChI is InChI=1S/C12H11BrO3/c1-5-6(2)11-8(4-9(5)15)10(13)12(16-11)7(3)14/h4,15H,1-3H3. The number of ketones is 1. The van der Waals surface area contributed by atoms with E-state index >= 15 is 0 Å². The van der Waals surface area contributed by atoms with Gasteiger partial charge < -0.3 is 9.52 Å². The van der Waals surface area contributed by atoms with Crippen molar-refractivity contribution in [1.29, 1.82) is 0 Å². The second-order valence-corrected chi connectivity index (χ2v) is 4.62. The molecule has 0 saturated carbocycles. The Morgan fingerprint density at radius 2 is 2.00 bits per heavy atom. The minimum absolute atomic E-state index is 0.139. The Hall–Kier alpha value is -1.29. The van der Waals surface area contributed by atoms with Crippen LogP contribution in [0.15, 0.2) is 15.0 Å². The molecule has 0 atom stereocenters. The molecule has 0 spiro atoms. The summed E-state index contributed by atoms with van der Waals surface area (Å²) >= 11 is 3.32. The van der Waals surface area contributed by atoms with Crippen molar-refractivity contribution in [3.63, 3.8) is 0 Å². The van der Waals surface area contributed by atoms with Crippen LogP contribution in [0.5, 0.6) is 5.75 Å². The van der Waals surface area contributed by atoms with Crippen LogP contribution in [0.4, 0.5) is 0 Å². The molecule has 1 N–H and O–H groups in total. The van der Waals surface area contributed by atoms with Gasteiger partial charge in [-0.1, -0.05) is 0 Å². The number of Topliss-reactive ketones (excluding diaryl/α,β-unsaturated/α-hetero) is 1. The van der Waals surface area contributed by atoms with E-state index in [0.29, 0.717) is 15.8 Å². The average molecular weight is 283 g/mol. The van der Waals surface area contributed by atoms with Crippen molar-refractivity contribution in [2.45, 2.75) is 20.8 Å². The number of halogens is 1. The van der Waals surface area contributed by atoms with Gasteiger partial charge in [-0.25, -0.2) is 0 Å². The quantitative estimate of drug-likeness (QED) is 0.811. The predicted molar refractivity (Wildman–Crippen MR) is 65.1 cm³/mol. The minimum Gasteiger partial charge on any atom is -0.508 e. The third-order valence-electron chi connectivity index (χ3n) is 2.77. The number of rotatable bonds is 1. The molecule has 1 aromatic heterocycles. The Labute approximate surface area is 101 Å². The molecule has 0 amide bonds. The Kier molecular flexibility index (Phi) is 2.54. The fraction of sp³-hybridized carbons (Fsp3) is 0.250. The molecule has 0 radical (unpaired) electrons. The van der Waals surface area contributed by atoms with Crippen molar-refractivity contribution in [2.75, 3.05) is 0 Å². The van der Waals surface area contributed by atoms with Gasteiger partial charge in [0.25, 0.3) is 0 Å². The molecular weight excluding hydrogens is 272 g/mol. The lowest BCUT2D eigenvalue weighted by molar-refractivity contribution is 0.0988. The number of benzene rings is 1. The number of furan rings is 1. The highest BCUT2D eigenvalue weighted by molar-refractivity contribution is 9.10. The highest BCUT2D eigenvalue weighted by Gasteiger charge is 2.19. The van der Waals surface area contributed by atoms with Gasteiger partial charge in [0.1, 0.15) is 11.3 Å². The third-order valence-corrected chi connectivity index (χ3v) is 3.56. The number of aromatic hydroxyl groups is 1. The van der Waals surface area contributed by atoms with Crippen LogP contribution in [0.3, 0.4) is 0 Å². The van der Waals surface area contributed by atoms with Crippen molar-refractivity contribution in [1.82, 2.24) is 0 Å². The number of hydrogen-bond acceptors (Lipinski definition) is 3. The van der Waals surface area contributed by atoms with Gasteiger partial charge in [-0.15, -0.1) is 0 Å². The lowest BCUT2D eigenvalue weighted by Gasteiger charge is -2.03. The number of phenolic OH excluding ortho intramolecular Hbond substituents is 1. The van der Waals surface area contributed by atoms with Crippen LogP contribution in [0.25, 0.3) is 11.0 Å². The Balaban J connectivity index is 2.92. The lowest BCUT2D eigenvalue weighted by Crippen LogP contribution is -1.88. The summed E-state index contributed by atoms with van der Waals surface area (Å²) in [5.74, 6) is 0.365. The fourth-order valence-electron chi connectivity index (χ4n) is 1.67.